The highest BCUT2D eigenvalue weighted by molar-refractivity contribution is 6.33. The molecule has 0 bridgehead atoms. The predicted octanol–water partition coefficient (Wildman–Crippen LogP) is 5.14. The van der Waals surface area contributed by atoms with Crippen molar-refractivity contribution in [3.05, 3.63) is 34.9 Å². The molecule has 4 heterocycles. The van der Waals surface area contributed by atoms with E-state index in [1.165, 1.54) is 5.56 Å². The Morgan fingerprint density at radius 2 is 2.06 bits per heavy atom. The Hall–Kier alpha value is -1.83. The van der Waals surface area contributed by atoms with Gasteiger partial charge in [0.2, 0.25) is 0 Å². The molecular formula is C26H39ClN4O3. The van der Waals surface area contributed by atoms with Gasteiger partial charge in [-0.15, -0.1) is 0 Å². The normalized spacial score (nSPS) is 21.2. The highest BCUT2D eigenvalue weighted by Crippen LogP contribution is 2.35. The molecule has 7 nitrogen and oxygen atoms in total. The van der Waals surface area contributed by atoms with Crippen LogP contribution < -0.4 is 0 Å². The number of fused-ring (bicyclic) bond motifs is 1. The number of morpholine rings is 1. The second kappa shape index (κ2) is 10.0. The van der Waals surface area contributed by atoms with E-state index in [0.717, 1.165) is 42.3 Å². The number of aryl methyl sites for hydroxylation is 1. The van der Waals surface area contributed by atoms with Gasteiger partial charge in [-0.25, -0.2) is 9.78 Å². The van der Waals surface area contributed by atoms with Crippen molar-refractivity contribution >= 4 is 23.2 Å². The molecule has 2 aromatic heterocycles. The number of nitrogens with zero attached hydrogens (tertiary/aromatic N) is 4. The van der Waals surface area contributed by atoms with Gasteiger partial charge in [-0.05, 0) is 58.1 Å². The largest absolute Gasteiger partial charge is 0.444 e. The van der Waals surface area contributed by atoms with Crippen LogP contribution in [0, 0.1) is 12.8 Å². The molecule has 8 heteroatoms. The van der Waals surface area contributed by atoms with Crippen LogP contribution in [0.5, 0.6) is 0 Å². The average Bonchev–Trinajstić information content (AvgIpc) is 3.09. The van der Waals surface area contributed by atoms with Crippen LogP contribution in [0.1, 0.15) is 64.8 Å². The summed E-state index contributed by atoms with van der Waals surface area (Å²) in [5.41, 5.74) is 1.74. The maximum absolute atomic E-state index is 12.7. The van der Waals surface area contributed by atoms with Gasteiger partial charge in [0.25, 0.3) is 0 Å². The fraction of sp³-hybridized carbons (Fsp3) is 0.692. The molecule has 2 aliphatic rings. The summed E-state index contributed by atoms with van der Waals surface area (Å²) in [5, 5.41) is 0.761. The summed E-state index contributed by atoms with van der Waals surface area (Å²) in [7, 11) is 0. The van der Waals surface area contributed by atoms with Gasteiger partial charge in [0, 0.05) is 37.8 Å². The number of likely N-dealkylation sites (tertiary alicyclic amines) is 1. The molecule has 0 aliphatic carbocycles. The SMILES string of the molecule is Cc1ncc2c(Cl)cc(C3CN([C@H](CC[C@H]4COCCN4C(=O)OC(C)(C)C)C(C)C)C3)cn12. The lowest BCUT2D eigenvalue weighted by Gasteiger charge is -2.47. The highest BCUT2D eigenvalue weighted by atomic mass is 35.5. The summed E-state index contributed by atoms with van der Waals surface area (Å²) in [6.07, 6.45) is 5.73. The Morgan fingerprint density at radius 3 is 2.74 bits per heavy atom. The van der Waals surface area contributed by atoms with E-state index in [1.54, 1.807) is 0 Å². The Morgan fingerprint density at radius 1 is 1.32 bits per heavy atom. The summed E-state index contributed by atoms with van der Waals surface area (Å²) in [5.74, 6) is 1.96. The summed E-state index contributed by atoms with van der Waals surface area (Å²) in [6.45, 7) is 16.1. The van der Waals surface area contributed by atoms with Crippen LogP contribution in [0.3, 0.4) is 0 Å². The molecule has 0 unspecified atom stereocenters. The zero-order valence-electron chi connectivity index (χ0n) is 21.4. The molecule has 2 atom stereocenters. The first-order chi connectivity index (χ1) is 16.0. The van der Waals surface area contributed by atoms with E-state index in [2.05, 4.69) is 40.4 Å². The first-order valence-corrected chi connectivity index (χ1v) is 12.9. The molecular weight excluding hydrogens is 452 g/mol. The van der Waals surface area contributed by atoms with Gasteiger partial charge in [0.1, 0.15) is 11.4 Å². The summed E-state index contributed by atoms with van der Waals surface area (Å²) < 4.78 is 13.5. The molecule has 2 fully saturated rings. The van der Waals surface area contributed by atoms with Crippen molar-refractivity contribution in [2.24, 2.45) is 5.92 Å². The van der Waals surface area contributed by atoms with E-state index in [-0.39, 0.29) is 12.1 Å². The summed E-state index contributed by atoms with van der Waals surface area (Å²) in [6, 6.07) is 2.63. The molecule has 0 aromatic carbocycles. The molecule has 2 aromatic rings. The number of ether oxygens (including phenoxy) is 2. The zero-order chi connectivity index (χ0) is 24.6. The number of rotatable bonds is 6. The van der Waals surface area contributed by atoms with Gasteiger partial charge >= 0.3 is 6.09 Å². The van der Waals surface area contributed by atoms with Crippen LogP contribution in [0.15, 0.2) is 18.5 Å². The van der Waals surface area contributed by atoms with Crippen molar-refractivity contribution in [3.63, 3.8) is 0 Å². The van der Waals surface area contributed by atoms with Crippen LogP contribution in [-0.2, 0) is 9.47 Å². The zero-order valence-corrected chi connectivity index (χ0v) is 22.1. The average molecular weight is 491 g/mol. The number of carbonyl (C=O) groups excluding carboxylic acids is 1. The third-order valence-electron chi connectivity index (χ3n) is 7.07. The third kappa shape index (κ3) is 5.52. The molecule has 2 aliphatic heterocycles. The molecule has 34 heavy (non-hydrogen) atoms. The van der Waals surface area contributed by atoms with Crippen molar-refractivity contribution in [2.75, 3.05) is 32.8 Å². The molecule has 1 amide bonds. The van der Waals surface area contributed by atoms with E-state index in [4.69, 9.17) is 21.1 Å². The monoisotopic (exact) mass is 490 g/mol. The number of carbonyl (C=O) groups is 1. The van der Waals surface area contributed by atoms with Crippen LogP contribution >= 0.6 is 11.6 Å². The standard InChI is InChI=1S/C26H39ClN4O3/c1-17(2)23(8-7-21-16-33-10-9-30(21)25(32)34-26(4,5)6)29-13-20(14-29)19-11-22(27)24-12-28-18(3)31(24)15-19/h11-12,15,17,20-21,23H,7-10,13-14,16H2,1-6H3/t21-,23+/m0/s1. The second-order valence-electron chi connectivity index (χ2n) is 11.1. The maximum Gasteiger partial charge on any atom is 0.410 e. The third-order valence-corrected chi connectivity index (χ3v) is 7.37. The first kappa shape index (κ1) is 25.3. The van der Waals surface area contributed by atoms with Gasteiger partial charge in [0.15, 0.2) is 0 Å². The molecule has 2 saturated heterocycles. The Bertz CT molecular complexity index is 1010. The van der Waals surface area contributed by atoms with Gasteiger partial charge < -0.3 is 18.8 Å². The van der Waals surface area contributed by atoms with Crippen molar-refractivity contribution in [1.29, 1.82) is 0 Å². The molecule has 188 valence electrons. The lowest BCUT2D eigenvalue weighted by atomic mass is 9.86. The van der Waals surface area contributed by atoms with E-state index in [1.807, 2.05) is 38.8 Å². The topological polar surface area (TPSA) is 59.3 Å². The van der Waals surface area contributed by atoms with Crippen molar-refractivity contribution in [3.8, 4) is 0 Å². The Balaban J connectivity index is 1.37. The number of hydrogen-bond acceptors (Lipinski definition) is 5. The maximum atomic E-state index is 12.7. The Kier molecular flexibility index (Phi) is 7.46. The number of amides is 1. The molecule has 0 N–H and O–H groups in total. The van der Waals surface area contributed by atoms with Crippen LogP contribution in [-0.4, -0.2) is 75.8 Å². The minimum Gasteiger partial charge on any atom is -0.444 e. The van der Waals surface area contributed by atoms with Gasteiger partial charge in [-0.1, -0.05) is 25.4 Å². The van der Waals surface area contributed by atoms with E-state index in [9.17, 15) is 4.79 Å². The fourth-order valence-corrected chi connectivity index (χ4v) is 5.44. The molecule has 0 spiro atoms. The predicted molar refractivity (Wildman–Crippen MR) is 135 cm³/mol. The van der Waals surface area contributed by atoms with E-state index >= 15 is 0 Å². The number of halogens is 1. The molecule has 0 radical (unpaired) electrons. The number of imidazole rings is 1. The van der Waals surface area contributed by atoms with Gasteiger partial charge in [0.05, 0.1) is 36.0 Å². The van der Waals surface area contributed by atoms with E-state index < -0.39 is 5.60 Å². The quantitative estimate of drug-likeness (QED) is 0.561. The van der Waals surface area contributed by atoms with Crippen molar-refractivity contribution in [2.45, 2.75) is 78.0 Å². The Labute approximate surface area is 208 Å². The highest BCUT2D eigenvalue weighted by Gasteiger charge is 2.37. The minimum absolute atomic E-state index is 0.0624. The molecule has 0 saturated carbocycles. The second-order valence-corrected chi connectivity index (χ2v) is 11.5. The minimum atomic E-state index is -0.492. The van der Waals surface area contributed by atoms with Gasteiger partial charge in [-0.3, -0.25) is 4.90 Å². The van der Waals surface area contributed by atoms with E-state index in [0.29, 0.717) is 37.6 Å². The number of aromatic nitrogens is 2. The fourth-order valence-electron chi connectivity index (χ4n) is 5.17. The number of hydrogen-bond donors (Lipinski definition) is 0. The van der Waals surface area contributed by atoms with Crippen molar-refractivity contribution < 1.29 is 14.3 Å². The van der Waals surface area contributed by atoms with Crippen molar-refractivity contribution in [1.82, 2.24) is 19.2 Å². The lowest BCUT2D eigenvalue weighted by molar-refractivity contribution is -0.0377. The lowest BCUT2D eigenvalue weighted by Crippen LogP contribution is -2.54. The van der Waals surface area contributed by atoms with Crippen LogP contribution in [0.4, 0.5) is 4.79 Å². The molecule has 4 rings (SSSR count). The summed E-state index contributed by atoms with van der Waals surface area (Å²) >= 11 is 6.54. The first-order valence-electron chi connectivity index (χ1n) is 12.5. The van der Waals surface area contributed by atoms with Crippen LogP contribution in [0.2, 0.25) is 5.02 Å². The van der Waals surface area contributed by atoms with Crippen LogP contribution in [0.25, 0.3) is 5.52 Å². The number of pyridine rings is 1. The summed E-state index contributed by atoms with van der Waals surface area (Å²) in [4.78, 5) is 21.6. The van der Waals surface area contributed by atoms with Gasteiger partial charge in [-0.2, -0.15) is 0 Å². The smallest absolute Gasteiger partial charge is 0.410 e.